The Morgan fingerprint density at radius 2 is 1.14 bits per heavy atom. The Balaban J connectivity index is -0.000000131. The first-order chi connectivity index (χ1) is 5.73. The van der Waals surface area contributed by atoms with Crippen molar-refractivity contribution in [1.29, 1.82) is 0 Å². The second-order valence-electron chi connectivity index (χ2n) is 1.48. The van der Waals surface area contributed by atoms with Gasteiger partial charge in [-0.2, -0.15) is 8.42 Å². The van der Waals surface area contributed by atoms with E-state index in [4.69, 9.17) is 46.7 Å². The van der Waals surface area contributed by atoms with Crippen LogP contribution >= 0.6 is 7.82 Å². The summed E-state index contributed by atoms with van der Waals surface area (Å²) >= 11 is 0. The van der Waals surface area contributed by atoms with Gasteiger partial charge in [-0.05, 0) is 0 Å². The van der Waals surface area contributed by atoms with Crippen LogP contribution in [0.3, 0.4) is 0 Å². The molecule has 14 heavy (non-hydrogen) atoms. The van der Waals surface area contributed by atoms with Crippen molar-refractivity contribution in [1.82, 2.24) is 0 Å². The zero-order valence-electron chi connectivity index (χ0n) is 6.67. The van der Waals surface area contributed by atoms with Crippen molar-refractivity contribution in [3.8, 4) is 0 Å². The Hall–Kier alpha value is -0.550. The van der Waals surface area contributed by atoms with Gasteiger partial charge < -0.3 is 19.8 Å². The molecule has 0 spiro atoms. The average molecular weight is 256 g/mol. The number of hydrogen-bond acceptors (Lipinski definition) is 4. The SMILES string of the molecule is CC(=O)O.O=P(O)(O)O.O=S(=O)(O)O. The molecule has 0 aromatic carbocycles. The number of carboxylic acid groups (broad SMARTS) is 1. The summed E-state index contributed by atoms with van der Waals surface area (Å²) in [5.74, 6) is -0.833. The number of hydrogen-bond donors (Lipinski definition) is 6. The van der Waals surface area contributed by atoms with Crippen LogP contribution in [-0.2, 0) is 19.8 Å². The van der Waals surface area contributed by atoms with E-state index in [0.717, 1.165) is 6.92 Å². The highest BCUT2D eigenvalue weighted by Gasteiger charge is 2.00. The molecular weight excluding hydrogens is 247 g/mol. The molecule has 10 nitrogen and oxygen atoms in total. The smallest absolute Gasteiger partial charge is 0.466 e. The minimum absolute atomic E-state index is 0.833. The zero-order valence-corrected chi connectivity index (χ0v) is 8.38. The molecule has 0 aromatic heterocycles. The third-order valence-corrected chi connectivity index (χ3v) is 0. The van der Waals surface area contributed by atoms with E-state index in [1.165, 1.54) is 0 Å². The Morgan fingerprint density at radius 1 is 1.14 bits per heavy atom. The molecule has 12 heteroatoms. The van der Waals surface area contributed by atoms with Gasteiger partial charge in [0.1, 0.15) is 0 Å². The second kappa shape index (κ2) is 7.82. The lowest BCUT2D eigenvalue weighted by Crippen LogP contribution is -1.89. The summed E-state index contributed by atoms with van der Waals surface area (Å²) in [6, 6.07) is 0. The lowest BCUT2D eigenvalue weighted by molar-refractivity contribution is -0.134. The number of carbonyl (C=O) groups is 1. The fraction of sp³-hybridized carbons (Fsp3) is 0.500. The van der Waals surface area contributed by atoms with Crippen molar-refractivity contribution < 1.29 is 46.7 Å². The molecule has 0 bridgehead atoms. The predicted octanol–water partition coefficient (Wildman–Crippen LogP) is -1.49. The Morgan fingerprint density at radius 3 is 1.14 bits per heavy atom. The zero-order chi connectivity index (χ0) is 12.6. The Bertz CT molecular complexity index is 263. The standard InChI is InChI=1S/C2H4O2.H3O4P.H2O4S/c1-2(3)4;2*1-5(2,3)4/h1H3,(H,3,4);(H3,1,2,3,4);(H2,1,2,3,4). The third-order valence-electron chi connectivity index (χ3n) is 0. The maximum Gasteiger partial charge on any atom is 0.466 e. The van der Waals surface area contributed by atoms with Crippen molar-refractivity contribution in [3.63, 3.8) is 0 Å². The highest BCUT2D eigenvalue weighted by atomic mass is 32.3. The summed E-state index contributed by atoms with van der Waals surface area (Å²) in [6.07, 6.45) is 0. The van der Waals surface area contributed by atoms with Crippen LogP contribution in [0.4, 0.5) is 0 Å². The Labute approximate surface area is 78.6 Å². The summed E-state index contributed by atoms with van der Waals surface area (Å²) in [5.41, 5.74) is 0. The number of aliphatic carboxylic acids is 1. The van der Waals surface area contributed by atoms with Crippen LogP contribution in [0, 0.1) is 0 Å². The predicted molar refractivity (Wildman–Crippen MR) is 41.8 cm³/mol. The van der Waals surface area contributed by atoms with E-state index < -0.39 is 24.2 Å². The quantitative estimate of drug-likeness (QED) is 0.220. The molecule has 0 saturated carbocycles. The van der Waals surface area contributed by atoms with E-state index in [0.29, 0.717) is 0 Å². The van der Waals surface area contributed by atoms with Gasteiger partial charge in [-0.3, -0.25) is 13.9 Å². The number of carboxylic acids is 1. The molecule has 0 heterocycles. The first-order valence-electron chi connectivity index (χ1n) is 2.41. The summed E-state index contributed by atoms with van der Waals surface area (Å²) < 4.78 is 40.5. The molecular formula is C2H9O10PS. The molecule has 0 rings (SSSR count). The van der Waals surface area contributed by atoms with Gasteiger partial charge in [0, 0.05) is 6.92 Å². The van der Waals surface area contributed by atoms with Gasteiger partial charge in [0.2, 0.25) is 0 Å². The first-order valence-corrected chi connectivity index (χ1v) is 5.37. The number of rotatable bonds is 0. The summed E-state index contributed by atoms with van der Waals surface area (Å²) in [5, 5.41) is 7.42. The van der Waals surface area contributed by atoms with Gasteiger partial charge >= 0.3 is 18.2 Å². The summed E-state index contributed by atoms with van der Waals surface area (Å²) in [6.45, 7) is 1.08. The van der Waals surface area contributed by atoms with Gasteiger partial charge in [-0.25, -0.2) is 4.57 Å². The van der Waals surface area contributed by atoms with Gasteiger partial charge in [0.25, 0.3) is 5.97 Å². The minimum Gasteiger partial charge on any atom is -0.481 e. The van der Waals surface area contributed by atoms with Crippen molar-refractivity contribution in [3.05, 3.63) is 0 Å². The molecule has 0 atom stereocenters. The first kappa shape index (κ1) is 19.1. The molecule has 6 N–H and O–H groups in total. The van der Waals surface area contributed by atoms with Crippen LogP contribution in [0.5, 0.6) is 0 Å². The van der Waals surface area contributed by atoms with Gasteiger partial charge in [0.05, 0.1) is 0 Å². The fourth-order valence-corrected chi connectivity index (χ4v) is 0. The average Bonchev–Trinajstić information content (AvgIpc) is 1.45. The minimum atomic E-state index is -4.67. The van der Waals surface area contributed by atoms with Crippen molar-refractivity contribution in [2.24, 2.45) is 0 Å². The highest BCUT2D eigenvalue weighted by Crippen LogP contribution is 2.25. The van der Waals surface area contributed by atoms with Crippen LogP contribution in [0.15, 0.2) is 0 Å². The molecule has 0 saturated heterocycles. The normalized spacial score (nSPS) is 10.1. The molecule has 0 aliphatic carbocycles. The topological polar surface area (TPSA) is 190 Å². The maximum atomic E-state index is 9.00. The van der Waals surface area contributed by atoms with E-state index in [-0.39, 0.29) is 0 Å². The largest absolute Gasteiger partial charge is 0.481 e. The van der Waals surface area contributed by atoms with E-state index in [2.05, 4.69) is 0 Å². The molecule has 0 fully saturated rings. The van der Waals surface area contributed by atoms with Crippen LogP contribution < -0.4 is 0 Å². The van der Waals surface area contributed by atoms with E-state index in [1.807, 2.05) is 0 Å². The van der Waals surface area contributed by atoms with E-state index in [9.17, 15) is 0 Å². The van der Waals surface area contributed by atoms with Gasteiger partial charge in [-0.1, -0.05) is 0 Å². The maximum absolute atomic E-state index is 9.00. The molecule has 88 valence electrons. The summed E-state index contributed by atoms with van der Waals surface area (Å²) in [4.78, 5) is 30.6. The second-order valence-corrected chi connectivity index (χ2v) is 3.40. The van der Waals surface area contributed by atoms with Crippen molar-refractivity contribution in [2.45, 2.75) is 6.92 Å². The van der Waals surface area contributed by atoms with Crippen molar-refractivity contribution in [2.75, 3.05) is 0 Å². The van der Waals surface area contributed by atoms with Crippen LogP contribution in [0.1, 0.15) is 6.92 Å². The highest BCUT2D eigenvalue weighted by molar-refractivity contribution is 7.79. The monoisotopic (exact) mass is 256 g/mol. The van der Waals surface area contributed by atoms with Crippen LogP contribution in [0.2, 0.25) is 0 Å². The summed E-state index contributed by atoms with van der Waals surface area (Å²) in [7, 11) is -9.31. The molecule has 0 amide bonds. The molecule has 0 radical (unpaired) electrons. The van der Waals surface area contributed by atoms with Crippen LogP contribution in [-0.4, -0.2) is 43.3 Å². The fourth-order valence-electron chi connectivity index (χ4n) is 0. The van der Waals surface area contributed by atoms with Gasteiger partial charge in [0.15, 0.2) is 0 Å². The Kier molecular flexibility index (Phi) is 10.7. The van der Waals surface area contributed by atoms with Crippen LogP contribution in [0.25, 0.3) is 0 Å². The number of phosphoric acid groups is 1. The molecule has 0 aliphatic rings. The molecule has 0 unspecified atom stereocenters. The molecule has 0 aromatic rings. The third kappa shape index (κ3) is 4130. The van der Waals surface area contributed by atoms with E-state index >= 15 is 0 Å². The van der Waals surface area contributed by atoms with Gasteiger partial charge in [-0.15, -0.1) is 0 Å². The molecule has 0 aliphatic heterocycles. The van der Waals surface area contributed by atoms with E-state index in [1.54, 1.807) is 0 Å². The van der Waals surface area contributed by atoms with Crippen molar-refractivity contribution >= 4 is 24.2 Å². The lowest BCUT2D eigenvalue weighted by Gasteiger charge is -1.82. The lowest BCUT2D eigenvalue weighted by atomic mass is 10.9.